The fourth-order valence-corrected chi connectivity index (χ4v) is 2.75. The van der Waals surface area contributed by atoms with Crippen LogP contribution in [0.15, 0.2) is 53.5 Å². The first kappa shape index (κ1) is 13.4. The molecule has 0 fully saturated rings. The molecule has 3 rings (SSSR count). The van der Waals surface area contributed by atoms with Crippen LogP contribution in [0.25, 0.3) is 0 Å². The molecule has 0 saturated heterocycles. The Balaban J connectivity index is 2.11. The summed E-state index contributed by atoms with van der Waals surface area (Å²) in [4.78, 5) is 4.66. The molecule has 0 amide bonds. The molecule has 2 aromatic carbocycles. The zero-order chi connectivity index (χ0) is 14.2. The number of benzene rings is 2. The summed E-state index contributed by atoms with van der Waals surface area (Å²) in [6.07, 6.45) is 0. The number of aliphatic imine (C=N–C) groups is 1. The van der Waals surface area contributed by atoms with Gasteiger partial charge in [-0.3, -0.25) is 0 Å². The van der Waals surface area contributed by atoms with E-state index in [2.05, 4.69) is 65.1 Å². The number of hydrogen-bond acceptors (Lipinski definition) is 2. The van der Waals surface area contributed by atoms with Gasteiger partial charge in [-0.15, -0.1) is 0 Å². The van der Waals surface area contributed by atoms with Crippen LogP contribution < -0.4 is 0 Å². The Labute approximate surface area is 127 Å². The highest BCUT2D eigenvalue weighted by atomic mass is 79.9. The van der Waals surface area contributed by atoms with Crippen LogP contribution in [-0.4, -0.2) is 11.2 Å². The first-order valence-electron chi connectivity index (χ1n) is 6.62. The molecule has 2 aromatic rings. The van der Waals surface area contributed by atoms with Crippen LogP contribution in [0.5, 0.6) is 0 Å². The zero-order valence-corrected chi connectivity index (χ0v) is 13.1. The number of ether oxygens (including phenoxy) is 1. The van der Waals surface area contributed by atoms with Gasteiger partial charge in [0.05, 0.1) is 5.69 Å². The largest absolute Gasteiger partial charge is 0.465 e. The monoisotopic (exact) mass is 329 g/mol. The normalized spacial score (nSPS) is 20.9. The van der Waals surface area contributed by atoms with Gasteiger partial charge in [0.1, 0.15) is 5.60 Å². The third kappa shape index (κ3) is 2.27. The molecule has 1 heterocycles. The van der Waals surface area contributed by atoms with Gasteiger partial charge in [-0.05, 0) is 32.0 Å². The number of halogens is 1. The molecule has 0 N–H and O–H groups in total. The number of nitrogens with zero attached hydrogens (tertiary/aromatic N) is 1. The van der Waals surface area contributed by atoms with E-state index in [-0.39, 0.29) is 0 Å². The fraction of sp³-hybridized carbons (Fsp3) is 0.235. The van der Waals surface area contributed by atoms with Crippen LogP contribution in [0.4, 0.5) is 5.69 Å². The minimum atomic E-state index is -0.390. The predicted molar refractivity (Wildman–Crippen MR) is 86.0 cm³/mol. The van der Waals surface area contributed by atoms with Gasteiger partial charge in [0.25, 0.3) is 0 Å². The van der Waals surface area contributed by atoms with Crippen LogP contribution in [0.2, 0.25) is 0 Å². The van der Waals surface area contributed by atoms with Crippen molar-refractivity contribution < 1.29 is 4.74 Å². The minimum absolute atomic E-state index is 0.390. The second-order valence-corrected chi connectivity index (χ2v) is 5.83. The van der Waals surface area contributed by atoms with E-state index in [1.165, 1.54) is 5.56 Å². The molecule has 1 unspecified atom stereocenters. The van der Waals surface area contributed by atoms with Gasteiger partial charge in [-0.25, -0.2) is 4.99 Å². The van der Waals surface area contributed by atoms with Gasteiger partial charge in [0.2, 0.25) is 5.90 Å². The number of para-hydroxylation sites is 1. The first-order valence-corrected chi connectivity index (χ1v) is 7.75. The van der Waals surface area contributed by atoms with Gasteiger partial charge in [-0.2, -0.15) is 0 Å². The summed E-state index contributed by atoms with van der Waals surface area (Å²) in [5, 5.41) is 0.724. The molecule has 1 aliphatic heterocycles. The molecular weight excluding hydrogens is 314 g/mol. The van der Waals surface area contributed by atoms with Crippen molar-refractivity contribution in [3.8, 4) is 0 Å². The fourth-order valence-electron chi connectivity index (χ4n) is 2.34. The molecule has 0 bridgehead atoms. The maximum Gasteiger partial charge on any atom is 0.222 e. The quantitative estimate of drug-likeness (QED) is 0.731. The van der Waals surface area contributed by atoms with Crippen LogP contribution >= 0.6 is 15.9 Å². The van der Waals surface area contributed by atoms with E-state index in [0.29, 0.717) is 5.90 Å². The van der Waals surface area contributed by atoms with E-state index in [4.69, 9.17) is 4.74 Å². The average Bonchev–Trinajstić information content (AvgIpc) is 2.48. The summed E-state index contributed by atoms with van der Waals surface area (Å²) >= 11 is 3.57. The smallest absolute Gasteiger partial charge is 0.222 e. The second kappa shape index (κ2) is 5.06. The lowest BCUT2D eigenvalue weighted by atomic mass is 9.94. The Hall–Kier alpha value is -1.61. The maximum atomic E-state index is 6.18. The van der Waals surface area contributed by atoms with Crippen molar-refractivity contribution in [2.45, 2.75) is 19.4 Å². The Morgan fingerprint density at radius 1 is 1.10 bits per heavy atom. The molecule has 1 aliphatic rings. The topological polar surface area (TPSA) is 21.6 Å². The minimum Gasteiger partial charge on any atom is -0.465 e. The highest BCUT2D eigenvalue weighted by Crippen LogP contribution is 2.39. The standard InChI is InChI=1S/C17H16BrNO/c1-12-7-9-13(10-8-12)16-19-15-6-4-3-5-14(15)17(2,11-18)20-16/h3-10H,11H2,1-2H3. The molecule has 0 radical (unpaired) electrons. The van der Waals surface area contributed by atoms with E-state index >= 15 is 0 Å². The van der Waals surface area contributed by atoms with Crippen molar-refractivity contribution in [3.05, 3.63) is 65.2 Å². The van der Waals surface area contributed by atoms with Crippen LogP contribution in [0.1, 0.15) is 23.6 Å². The van der Waals surface area contributed by atoms with Gasteiger partial charge in [-0.1, -0.05) is 51.8 Å². The summed E-state index contributed by atoms with van der Waals surface area (Å²) in [5.41, 5.74) is 3.95. The summed E-state index contributed by atoms with van der Waals surface area (Å²) in [6.45, 7) is 4.16. The molecule has 0 aromatic heterocycles. The maximum absolute atomic E-state index is 6.18. The van der Waals surface area contributed by atoms with Crippen molar-refractivity contribution in [1.82, 2.24) is 0 Å². The molecule has 1 atom stereocenters. The molecular formula is C17H16BrNO. The van der Waals surface area contributed by atoms with Crippen molar-refractivity contribution in [2.24, 2.45) is 4.99 Å². The number of fused-ring (bicyclic) bond motifs is 1. The number of hydrogen-bond donors (Lipinski definition) is 0. The average molecular weight is 330 g/mol. The first-order chi connectivity index (χ1) is 9.62. The Morgan fingerprint density at radius 3 is 2.50 bits per heavy atom. The van der Waals surface area contributed by atoms with Crippen molar-refractivity contribution >= 4 is 27.5 Å². The molecule has 0 spiro atoms. The van der Waals surface area contributed by atoms with E-state index < -0.39 is 5.60 Å². The van der Waals surface area contributed by atoms with Gasteiger partial charge < -0.3 is 4.74 Å². The summed E-state index contributed by atoms with van der Waals surface area (Å²) in [6, 6.07) is 16.4. The number of rotatable bonds is 2. The van der Waals surface area contributed by atoms with Crippen molar-refractivity contribution in [1.29, 1.82) is 0 Å². The van der Waals surface area contributed by atoms with Crippen LogP contribution in [-0.2, 0) is 10.3 Å². The van der Waals surface area contributed by atoms with Gasteiger partial charge in [0.15, 0.2) is 0 Å². The zero-order valence-electron chi connectivity index (χ0n) is 11.6. The highest BCUT2D eigenvalue weighted by Gasteiger charge is 2.35. The van der Waals surface area contributed by atoms with Gasteiger partial charge in [0, 0.05) is 16.5 Å². The lowest BCUT2D eigenvalue weighted by molar-refractivity contribution is 0.0980. The molecule has 2 nitrogen and oxygen atoms in total. The molecule has 20 heavy (non-hydrogen) atoms. The van der Waals surface area contributed by atoms with Crippen molar-refractivity contribution in [3.63, 3.8) is 0 Å². The second-order valence-electron chi connectivity index (χ2n) is 5.27. The van der Waals surface area contributed by atoms with Crippen molar-refractivity contribution in [2.75, 3.05) is 5.33 Å². The van der Waals surface area contributed by atoms with Gasteiger partial charge >= 0.3 is 0 Å². The lowest BCUT2D eigenvalue weighted by Gasteiger charge is -2.34. The van der Waals surface area contributed by atoms with E-state index in [9.17, 15) is 0 Å². The predicted octanol–water partition coefficient (Wildman–Crippen LogP) is 4.71. The van der Waals surface area contributed by atoms with E-state index in [1.54, 1.807) is 0 Å². The molecule has 3 heteroatoms. The molecule has 0 saturated carbocycles. The third-order valence-corrected chi connectivity index (χ3v) is 4.64. The molecule has 102 valence electrons. The summed E-state index contributed by atoms with van der Waals surface area (Å²) in [5.74, 6) is 0.686. The van der Waals surface area contributed by atoms with Crippen LogP contribution in [0.3, 0.4) is 0 Å². The highest BCUT2D eigenvalue weighted by molar-refractivity contribution is 9.09. The Bertz CT molecular complexity index is 663. The van der Waals surface area contributed by atoms with E-state index in [0.717, 1.165) is 22.1 Å². The SMILES string of the molecule is Cc1ccc(C2=Nc3ccccc3C(C)(CBr)O2)cc1. The number of aryl methyl sites for hydroxylation is 1. The van der Waals surface area contributed by atoms with E-state index in [1.807, 2.05) is 18.2 Å². The Morgan fingerprint density at radius 2 is 1.80 bits per heavy atom. The third-order valence-electron chi connectivity index (χ3n) is 3.57. The number of alkyl halides is 1. The molecule has 0 aliphatic carbocycles. The lowest BCUT2D eigenvalue weighted by Crippen LogP contribution is -2.33. The Kier molecular flexibility index (Phi) is 3.38. The summed E-state index contributed by atoms with van der Waals surface area (Å²) < 4.78 is 6.18. The summed E-state index contributed by atoms with van der Waals surface area (Å²) in [7, 11) is 0. The van der Waals surface area contributed by atoms with Crippen LogP contribution in [0, 0.1) is 6.92 Å².